The van der Waals surface area contributed by atoms with Crippen LogP contribution in [0.5, 0.6) is 5.75 Å². The van der Waals surface area contributed by atoms with Crippen molar-refractivity contribution in [2.45, 2.75) is 24.3 Å². The van der Waals surface area contributed by atoms with Gasteiger partial charge < -0.3 is 14.8 Å². The quantitative estimate of drug-likeness (QED) is 0.629. The third kappa shape index (κ3) is 6.05. The van der Waals surface area contributed by atoms with Gasteiger partial charge in [0.15, 0.2) is 0 Å². The second-order valence-electron chi connectivity index (χ2n) is 6.33. The zero-order valence-electron chi connectivity index (χ0n) is 16.3. The Balaban J connectivity index is 2.15. The van der Waals surface area contributed by atoms with Crippen molar-refractivity contribution in [1.82, 2.24) is 10.0 Å². The van der Waals surface area contributed by atoms with Gasteiger partial charge in [-0.05, 0) is 37.1 Å². The lowest BCUT2D eigenvalue weighted by Gasteiger charge is -2.15. The summed E-state index contributed by atoms with van der Waals surface area (Å²) < 4.78 is 38.3. The summed E-state index contributed by atoms with van der Waals surface area (Å²) in [7, 11) is -0.916. The van der Waals surface area contributed by atoms with E-state index < -0.39 is 10.0 Å². The molecule has 0 unspecified atom stereocenters. The summed E-state index contributed by atoms with van der Waals surface area (Å²) in [5, 5.41) is 2.76. The van der Waals surface area contributed by atoms with Crippen LogP contribution in [-0.2, 0) is 21.2 Å². The maximum atomic E-state index is 12.8. The van der Waals surface area contributed by atoms with Gasteiger partial charge in [-0.3, -0.25) is 4.79 Å². The van der Waals surface area contributed by atoms with Gasteiger partial charge in [-0.2, -0.15) is 0 Å². The fraction of sp³-hybridized carbons (Fsp3) is 0.350. The Kier molecular flexibility index (Phi) is 7.98. The minimum absolute atomic E-state index is 0.0740. The largest absolute Gasteiger partial charge is 0.495 e. The molecule has 0 aliphatic heterocycles. The molecule has 0 radical (unpaired) electrons. The van der Waals surface area contributed by atoms with E-state index in [9.17, 15) is 13.2 Å². The molecule has 0 heterocycles. The lowest BCUT2D eigenvalue weighted by atomic mass is 10.2. The van der Waals surface area contributed by atoms with Crippen LogP contribution in [0.15, 0.2) is 53.4 Å². The lowest BCUT2D eigenvalue weighted by Crippen LogP contribution is -2.35. The summed E-state index contributed by atoms with van der Waals surface area (Å²) in [5.74, 6) is -0.207. The van der Waals surface area contributed by atoms with Crippen molar-refractivity contribution in [2.75, 3.05) is 27.4 Å². The second kappa shape index (κ2) is 10.2. The van der Waals surface area contributed by atoms with Crippen molar-refractivity contribution in [1.29, 1.82) is 0 Å². The molecule has 7 nitrogen and oxygen atoms in total. The summed E-state index contributed by atoms with van der Waals surface area (Å²) in [6.45, 7) is 2.39. The molecule has 28 heavy (non-hydrogen) atoms. The Bertz CT molecular complexity index is 885. The molecule has 0 saturated heterocycles. The van der Waals surface area contributed by atoms with Gasteiger partial charge in [-0.1, -0.05) is 30.3 Å². The van der Waals surface area contributed by atoms with Gasteiger partial charge >= 0.3 is 0 Å². The van der Waals surface area contributed by atoms with E-state index in [1.165, 1.54) is 25.3 Å². The highest BCUT2D eigenvalue weighted by molar-refractivity contribution is 7.89. The van der Waals surface area contributed by atoms with E-state index in [4.69, 9.17) is 9.47 Å². The summed E-state index contributed by atoms with van der Waals surface area (Å²) in [6.07, 6.45) is 0.553. The molecule has 0 aromatic heterocycles. The molecule has 0 aliphatic rings. The fourth-order valence-corrected chi connectivity index (χ4v) is 3.90. The molecule has 8 heteroatoms. The number of amides is 1. The molecule has 0 saturated carbocycles. The molecule has 0 fully saturated rings. The number of nitrogens with one attached hydrogen (secondary N) is 2. The monoisotopic (exact) mass is 406 g/mol. The van der Waals surface area contributed by atoms with Crippen molar-refractivity contribution < 1.29 is 22.7 Å². The number of hydrogen-bond donors (Lipinski definition) is 2. The zero-order chi connectivity index (χ0) is 20.6. The van der Waals surface area contributed by atoms with E-state index in [-0.39, 0.29) is 34.7 Å². The summed E-state index contributed by atoms with van der Waals surface area (Å²) in [5.41, 5.74) is 1.25. The van der Waals surface area contributed by atoms with E-state index in [0.29, 0.717) is 13.0 Å². The lowest BCUT2D eigenvalue weighted by molar-refractivity contribution is 0.0905. The van der Waals surface area contributed by atoms with Crippen LogP contribution in [0.25, 0.3) is 0 Å². The minimum atomic E-state index is -3.85. The SMILES string of the molecule is COC[C@@H](C)NC(=O)c1ccc(OC)c(S(=O)(=O)NCCc2ccccc2)c1. The van der Waals surface area contributed by atoms with Crippen molar-refractivity contribution in [3.8, 4) is 5.75 Å². The van der Waals surface area contributed by atoms with Crippen LogP contribution in [-0.4, -0.2) is 47.7 Å². The molecule has 0 aliphatic carbocycles. The molecular weight excluding hydrogens is 380 g/mol. The van der Waals surface area contributed by atoms with E-state index in [2.05, 4.69) is 10.0 Å². The van der Waals surface area contributed by atoms with Crippen LogP contribution in [0.2, 0.25) is 0 Å². The topological polar surface area (TPSA) is 93.7 Å². The Hall–Kier alpha value is -2.42. The highest BCUT2D eigenvalue weighted by Gasteiger charge is 2.22. The average Bonchev–Trinajstić information content (AvgIpc) is 2.68. The van der Waals surface area contributed by atoms with Crippen molar-refractivity contribution in [3.05, 3.63) is 59.7 Å². The molecule has 2 N–H and O–H groups in total. The Labute approximate surface area is 166 Å². The van der Waals surface area contributed by atoms with E-state index in [0.717, 1.165) is 5.56 Å². The van der Waals surface area contributed by atoms with Gasteiger partial charge in [0, 0.05) is 25.3 Å². The molecule has 0 spiro atoms. The molecule has 1 amide bonds. The highest BCUT2D eigenvalue weighted by atomic mass is 32.2. The Morgan fingerprint density at radius 1 is 1.11 bits per heavy atom. The van der Waals surface area contributed by atoms with Crippen LogP contribution in [0, 0.1) is 0 Å². The van der Waals surface area contributed by atoms with Gasteiger partial charge in [0.25, 0.3) is 5.91 Å². The molecule has 2 rings (SSSR count). The number of carbonyl (C=O) groups is 1. The Morgan fingerprint density at radius 2 is 1.82 bits per heavy atom. The minimum Gasteiger partial charge on any atom is -0.495 e. The molecule has 152 valence electrons. The number of methoxy groups -OCH3 is 2. The van der Waals surface area contributed by atoms with Crippen molar-refractivity contribution in [3.63, 3.8) is 0 Å². The first kappa shape index (κ1) is 21.9. The van der Waals surface area contributed by atoms with Crippen LogP contribution in [0.4, 0.5) is 0 Å². The molecule has 2 aromatic rings. The van der Waals surface area contributed by atoms with E-state index in [1.54, 1.807) is 14.0 Å². The van der Waals surface area contributed by atoms with E-state index in [1.807, 2.05) is 30.3 Å². The first-order valence-electron chi connectivity index (χ1n) is 8.89. The van der Waals surface area contributed by atoms with Gasteiger partial charge in [0.05, 0.1) is 13.7 Å². The normalized spacial score (nSPS) is 12.4. The van der Waals surface area contributed by atoms with Crippen molar-refractivity contribution in [2.24, 2.45) is 0 Å². The number of benzene rings is 2. The van der Waals surface area contributed by atoms with Crippen LogP contribution >= 0.6 is 0 Å². The van der Waals surface area contributed by atoms with Crippen molar-refractivity contribution >= 4 is 15.9 Å². The number of sulfonamides is 1. The number of ether oxygens (including phenoxy) is 2. The molecule has 0 bridgehead atoms. The molecule has 2 aromatic carbocycles. The van der Waals surface area contributed by atoms with Gasteiger partial charge in [0.1, 0.15) is 10.6 Å². The van der Waals surface area contributed by atoms with Crippen LogP contribution in [0.3, 0.4) is 0 Å². The fourth-order valence-electron chi connectivity index (χ4n) is 2.68. The van der Waals surface area contributed by atoms with Gasteiger partial charge in [0.2, 0.25) is 10.0 Å². The highest BCUT2D eigenvalue weighted by Crippen LogP contribution is 2.25. The van der Waals surface area contributed by atoms with Gasteiger partial charge in [-0.25, -0.2) is 13.1 Å². The zero-order valence-corrected chi connectivity index (χ0v) is 17.1. The Morgan fingerprint density at radius 3 is 2.46 bits per heavy atom. The summed E-state index contributed by atoms with van der Waals surface area (Å²) in [6, 6.07) is 13.7. The molecular formula is C20H26N2O5S. The number of rotatable bonds is 10. The predicted octanol–water partition coefficient (Wildman–Crippen LogP) is 1.98. The second-order valence-corrected chi connectivity index (χ2v) is 8.06. The van der Waals surface area contributed by atoms with Gasteiger partial charge in [-0.15, -0.1) is 0 Å². The third-order valence-corrected chi connectivity index (χ3v) is 5.54. The maximum absolute atomic E-state index is 12.8. The van der Waals surface area contributed by atoms with E-state index >= 15 is 0 Å². The first-order chi connectivity index (χ1) is 13.4. The number of carbonyl (C=O) groups excluding carboxylic acids is 1. The number of hydrogen-bond acceptors (Lipinski definition) is 5. The van der Waals surface area contributed by atoms with Crippen LogP contribution < -0.4 is 14.8 Å². The third-order valence-electron chi connectivity index (χ3n) is 4.06. The summed E-state index contributed by atoms with van der Waals surface area (Å²) in [4.78, 5) is 12.3. The first-order valence-corrected chi connectivity index (χ1v) is 10.4. The standard InChI is InChI=1S/C20H26N2O5S/c1-15(14-26-2)22-20(23)17-9-10-18(27-3)19(13-17)28(24,25)21-12-11-16-7-5-4-6-8-16/h4-10,13,15,21H,11-12,14H2,1-3H3,(H,22,23)/t15-/m1/s1. The summed E-state index contributed by atoms with van der Waals surface area (Å²) >= 11 is 0. The maximum Gasteiger partial charge on any atom is 0.251 e. The average molecular weight is 407 g/mol. The van der Waals surface area contributed by atoms with Crippen LogP contribution in [0.1, 0.15) is 22.8 Å². The predicted molar refractivity (Wildman–Crippen MR) is 107 cm³/mol. The smallest absolute Gasteiger partial charge is 0.251 e. The molecule has 1 atom stereocenters.